The summed E-state index contributed by atoms with van der Waals surface area (Å²) in [5.74, 6) is 0. The summed E-state index contributed by atoms with van der Waals surface area (Å²) in [6.07, 6.45) is 1.90. The first-order valence-electron chi connectivity index (χ1n) is 6.38. The molecule has 3 aromatic rings. The van der Waals surface area contributed by atoms with Crippen LogP contribution in [-0.4, -0.2) is 15.0 Å². The Morgan fingerprint density at radius 2 is 1.70 bits per heavy atom. The Bertz CT molecular complexity index is 731. The van der Waals surface area contributed by atoms with E-state index in [1.54, 1.807) is 4.68 Å². The van der Waals surface area contributed by atoms with Crippen LogP contribution in [0.1, 0.15) is 5.56 Å². The second kappa shape index (κ2) is 5.17. The fraction of sp³-hybridized carbons (Fsp3) is 0.0625. The van der Waals surface area contributed by atoms with E-state index in [9.17, 15) is 0 Å². The van der Waals surface area contributed by atoms with Crippen LogP contribution in [0.2, 0.25) is 0 Å². The lowest BCUT2D eigenvalue weighted by atomic mass is 10.1. The molecule has 1 N–H and O–H groups in total. The zero-order valence-electron chi connectivity index (χ0n) is 11.2. The quantitative estimate of drug-likeness (QED) is 0.787. The summed E-state index contributed by atoms with van der Waals surface area (Å²) in [4.78, 5) is 0. The third-order valence-corrected chi connectivity index (χ3v) is 3.09. The molecule has 0 saturated heterocycles. The first-order valence-corrected chi connectivity index (χ1v) is 6.38. The Balaban J connectivity index is 2.01. The van der Waals surface area contributed by atoms with Gasteiger partial charge in [-0.15, -0.1) is 5.10 Å². The highest BCUT2D eigenvalue weighted by Gasteiger charge is 2.08. The summed E-state index contributed by atoms with van der Waals surface area (Å²) in [5.41, 5.74) is 4.80. The van der Waals surface area contributed by atoms with Gasteiger partial charge in [-0.05, 0) is 24.6 Å². The molecule has 0 aliphatic heterocycles. The van der Waals surface area contributed by atoms with Gasteiger partial charge in [-0.25, -0.2) is 0 Å². The van der Waals surface area contributed by atoms with Crippen LogP contribution in [0, 0.1) is 6.92 Å². The number of hydrogen-bond acceptors (Lipinski definition) is 3. The van der Waals surface area contributed by atoms with Crippen molar-refractivity contribution in [2.45, 2.75) is 0 Å². The molecule has 0 atom stereocenters. The Morgan fingerprint density at radius 3 is 2.40 bits per heavy atom. The maximum atomic E-state index is 4.17. The zero-order valence-corrected chi connectivity index (χ0v) is 11.2. The van der Waals surface area contributed by atoms with Gasteiger partial charge in [-0.2, -0.15) is 0 Å². The number of hydrogen-bond donors (Lipinski definition) is 1. The van der Waals surface area contributed by atoms with Crippen molar-refractivity contribution >= 4 is 11.4 Å². The Morgan fingerprint density at radius 1 is 1.00 bits per heavy atom. The fourth-order valence-corrected chi connectivity index (χ4v) is 2.07. The minimum atomic E-state index is 0.845. The summed E-state index contributed by atoms with van der Waals surface area (Å²) in [7, 11) is 1.86. The molecular formula is C16H15N4. The van der Waals surface area contributed by atoms with E-state index in [0.717, 1.165) is 28.2 Å². The molecular weight excluding hydrogens is 248 g/mol. The molecule has 4 heteroatoms. The summed E-state index contributed by atoms with van der Waals surface area (Å²) in [6.45, 7) is 4.03. The smallest absolute Gasteiger partial charge is 0.115 e. The molecule has 4 nitrogen and oxygen atoms in total. The molecule has 0 aliphatic rings. The lowest BCUT2D eigenvalue weighted by Gasteiger charge is -2.12. The van der Waals surface area contributed by atoms with Crippen LogP contribution in [0.15, 0.2) is 54.7 Å². The lowest BCUT2D eigenvalue weighted by Crippen LogP contribution is -1.95. The zero-order chi connectivity index (χ0) is 13.9. The van der Waals surface area contributed by atoms with E-state index in [-0.39, 0.29) is 0 Å². The van der Waals surface area contributed by atoms with Crippen LogP contribution in [-0.2, 0) is 7.05 Å². The molecule has 1 heterocycles. The van der Waals surface area contributed by atoms with Crippen molar-refractivity contribution in [3.63, 3.8) is 0 Å². The van der Waals surface area contributed by atoms with E-state index in [0.29, 0.717) is 0 Å². The summed E-state index contributed by atoms with van der Waals surface area (Å²) in [5, 5.41) is 11.6. The molecule has 0 spiro atoms. The van der Waals surface area contributed by atoms with E-state index >= 15 is 0 Å². The number of para-hydroxylation sites is 2. The highest BCUT2D eigenvalue weighted by molar-refractivity contribution is 5.79. The average molecular weight is 263 g/mol. The number of aryl methyl sites for hydroxylation is 1. The molecule has 99 valence electrons. The van der Waals surface area contributed by atoms with Crippen molar-refractivity contribution in [2.75, 3.05) is 5.32 Å². The molecule has 2 aromatic carbocycles. The monoisotopic (exact) mass is 263 g/mol. The highest BCUT2D eigenvalue weighted by Crippen LogP contribution is 2.29. The fourth-order valence-electron chi connectivity index (χ4n) is 2.07. The van der Waals surface area contributed by atoms with E-state index in [1.165, 1.54) is 0 Å². The van der Waals surface area contributed by atoms with Crippen LogP contribution in [0.25, 0.3) is 11.3 Å². The molecule has 1 aromatic heterocycles. The van der Waals surface area contributed by atoms with Gasteiger partial charge >= 0.3 is 0 Å². The molecule has 20 heavy (non-hydrogen) atoms. The number of nitrogens with one attached hydrogen (secondary N) is 1. The molecule has 0 saturated carbocycles. The van der Waals surface area contributed by atoms with Crippen LogP contribution < -0.4 is 5.32 Å². The molecule has 3 rings (SSSR count). The van der Waals surface area contributed by atoms with E-state index < -0.39 is 0 Å². The van der Waals surface area contributed by atoms with E-state index in [4.69, 9.17) is 0 Å². The van der Waals surface area contributed by atoms with E-state index in [1.807, 2.05) is 61.8 Å². The SMILES string of the molecule is [CH2]c1ccccc1Nc1ccccc1-c1cn(C)nn1. The van der Waals surface area contributed by atoms with Crippen molar-refractivity contribution in [3.8, 4) is 11.3 Å². The first-order chi connectivity index (χ1) is 9.74. The number of benzene rings is 2. The molecule has 0 amide bonds. The van der Waals surface area contributed by atoms with Crippen LogP contribution in [0.3, 0.4) is 0 Å². The Labute approximate surface area is 118 Å². The van der Waals surface area contributed by atoms with Crippen LogP contribution in [0.4, 0.5) is 11.4 Å². The number of anilines is 2. The summed E-state index contributed by atoms with van der Waals surface area (Å²) < 4.78 is 1.70. The van der Waals surface area contributed by atoms with Gasteiger partial charge in [0.25, 0.3) is 0 Å². The van der Waals surface area contributed by atoms with Gasteiger partial charge in [-0.1, -0.05) is 41.6 Å². The third kappa shape index (κ3) is 2.40. The normalized spacial score (nSPS) is 10.5. The second-order valence-corrected chi connectivity index (χ2v) is 4.61. The lowest BCUT2D eigenvalue weighted by molar-refractivity contribution is 0.715. The Kier molecular flexibility index (Phi) is 3.21. The standard InChI is InChI=1S/C16H15N4/c1-12-7-3-5-9-14(12)17-15-10-6-4-8-13(15)16-11-20(2)19-18-16/h3-11,17H,1H2,2H3. The predicted octanol–water partition coefficient (Wildman–Crippen LogP) is 3.41. The predicted molar refractivity (Wildman–Crippen MR) is 80.6 cm³/mol. The van der Waals surface area contributed by atoms with Gasteiger partial charge in [0, 0.05) is 24.0 Å². The third-order valence-electron chi connectivity index (χ3n) is 3.09. The van der Waals surface area contributed by atoms with Crippen LogP contribution in [0.5, 0.6) is 0 Å². The molecule has 1 radical (unpaired) electrons. The van der Waals surface area contributed by atoms with Crippen molar-refractivity contribution < 1.29 is 0 Å². The van der Waals surface area contributed by atoms with Gasteiger partial charge in [0.05, 0.1) is 6.20 Å². The minimum absolute atomic E-state index is 0.845. The summed E-state index contributed by atoms with van der Waals surface area (Å²) in [6, 6.07) is 16.0. The van der Waals surface area contributed by atoms with Gasteiger partial charge < -0.3 is 5.32 Å². The number of nitrogens with zero attached hydrogens (tertiary/aromatic N) is 3. The summed E-state index contributed by atoms with van der Waals surface area (Å²) >= 11 is 0. The van der Waals surface area contributed by atoms with E-state index in [2.05, 4.69) is 22.6 Å². The Hall–Kier alpha value is -2.62. The maximum absolute atomic E-state index is 4.17. The van der Waals surface area contributed by atoms with Gasteiger partial charge in [0.2, 0.25) is 0 Å². The van der Waals surface area contributed by atoms with Gasteiger partial charge in [-0.3, -0.25) is 4.68 Å². The van der Waals surface area contributed by atoms with Crippen molar-refractivity contribution in [3.05, 3.63) is 67.2 Å². The second-order valence-electron chi connectivity index (χ2n) is 4.61. The van der Waals surface area contributed by atoms with Crippen molar-refractivity contribution in [1.82, 2.24) is 15.0 Å². The van der Waals surface area contributed by atoms with Gasteiger partial charge in [0.15, 0.2) is 0 Å². The first kappa shape index (κ1) is 12.4. The number of rotatable bonds is 3. The van der Waals surface area contributed by atoms with Gasteiger partial charge in [0.1, 0.15) is 5.69 Å². The maximum Gasteiger partial charge on any atom is 0.115 e. The highest BCUT2D eigenvalue weighted by atomic mass is 15.4. The van der Waals surface area contributed by atoms with Crippen molar-refractivity contribution in [2.24, 2.45) is 7.05 Å². The molecule has 0 aliphatic carbocycles. The molecule has 0 fully saturated rings. The minimum Gasteiger partial charge on any atom is -0.355 e. The molecule has 0 bridgehead atoms. The topological polar surface area (TPSA) is 42.7 Å². The van der Waals surface area contributed by atoms with Crippen LogP contribution >= 0.6 is 0 Å². The largest absolute Gasteiger partial charge is 0.355 e. The number of aromatic nitrogens is 3. The average Bonchev–Trinajstić information content (AvgIpc) is 2.88. The molecule has 0 unspecified atom stereocenters. The van der Waals surface area contributed by atoms with Crippen molar-refractivity contribution in [1.29, 1.82) is 0 Å².